The molecule has 0 saturated heterocycles. The average Bonchev–Trinajstić information content (AvgIpc) is 3.16. The summed E-state index contributed by atoms with van der Waals surface area (Å²) in [6.07, 6.45) is 4.25. The Balaban J connectivity index is 1.79. The Morgan fingerprint density at radius 2 is 1.72 bits per heavy atom. The number of benzene rings is 2. The zero-order valence-corrected chi connectivity index (χ0v) is 18.3. The fourth-order valence-electron chi connectivity index (χ4n) is 4.36. The van der Waals surface area contributed by atoms with Crippen molar-refractivity contribution < 1.29 is 0 Å². The molecule has 1 aliphatic carbocycles. The maximum atomic E-state index is 6.39. The van der Waals surface area contributed by atoms with Crippen LogP contribution in [0.4, 0.5) is 5.69 Å². The fraction of sp³-hybridized carbons (Fsp3) is 0.435. The number of halogens is 1. The molecule has 3 aromatic rings. The SMILES string of the molecule is Cc1cc(C)cc(NC2(c3nnnn3-c3ccc(C)c(Cl)c3)CCC(C)CC2)c1. The van der Waals surface area contributed by atoms with Gasteiger partial charge in [0.05, 0.1) is 11.2 Å². The number of aryl methyl sites for hydroxylation is 3. The second-order valence-electron chi connectivity index (χ2n) is 8.61. The number of hydrogen-bond acceptors (Lipinski definition) is 4. The van der Waals surface area contributed by atoms with Crippen LogP contribution < -0.4 is 5.32 Å². The molecule has 6 heteroatoms. The van der Waals surface area contributed by atoms with E-state index in [1.165, 1.54) is 11.1 Å². The number of nitrogens with zero attached hydrogens (tertiary/aromatic N) is 4. The van der Waals surface area contributed by atoms with E-state index in [4.69, 9.17) is 11.6 Å². The minimum absolute atomic E-state index is 0.312. The van der Waals surface area contributed by atoms with Crippen LogP contribution in [0.1, 0.15) is 55.1 Å². The molecule has 0 radical (unpaired) electrons. The molecule has 1 N–H and O–H groups in total. The van der Waals surface area contributed by atoms with E-state index < -0.39 is 0 Å². The summed E-state index contributed by atoms with van der Waals surface area (Å²) < 4.78 is 1.84. The Morgan fingerprint density at radius 3 is 2.38 bits per heavy atom. The summed E-state index contributed by atoms with van der Waals surface area (Å²) >= 11 is 6.39. The summed E-state index contributed by atoms with van der Waals surface area (Å²) in [7, 11) is 0. The van der Waals surface area contributed by atoms with Gasteiger partial charge in [0.15, 0.2) is 5.82 Å². The van der Waals surface area contributed by atoms with Crippen molar-refractivity contribution in [1.82, 2.24) is 20.2 Å². The van der Waals surface area contributed by atoms with Crippen LogP contribution in [-0.4, -0.2) is 20.2 Å². The van der Waals surface area contributed by atoms with Crippen molar-refractivity contribution in [3.8, 4) is 5.69 Å². The molecule has 5 nitrogen and oxygen atoms in total. The third kappa shape index (κ3) is 4.01. The second-order valence-corrected chi connectivity index (χ2v) is 9.02. The van der Waals surface area contributed by atoms with Crippen LogP contribution in [0.5, 0.6) is 0 Å². The van der Waals surface area contributed by atoms with Gasteiger partial charge in [0.25, 0.3) is 0 Å². The molecule has 1 saturated carbocycles. The first-order valence-electron chi connectivity index (χ1n) is 10.3. The number of hydrogen-bond donors (Lipinski definition) is 1. The lowest BCUT2D eigenvalue weighted by atomic mass is 9.76. The molecule has 0 atom stereocenters. The van der Waals surface area contributed by atoms with Crippen LogP contribution in [-0.2, 0) is 5.54 Å². The van der Waals surface area contributed by atoms with Gasteiger partial charge in [-0.15, -0.1) is 5.10 Å². The quantitative estimate of drug-likeness (QED) is 0.595. The van der Waals surface area contributed by atoms with Gasteiger partial charge in [-0.2, -0.15) is 4.68 Å². The molecule has 0 aliphatic heterocycles. The maximum Gasteiger partial charge on any atom is 0.181 e. The summed E-state index contributed by atoms with van der Waals surface area (Å²) in [4.78, 5) is 0. The largest absolute Gasteiger partial charge is 0.373 e. The molecule has 0 spiro atoms. The molecular weight excluding hydrogens is 382 g/mol. The molecule has 0 unspecified atom stereocenters. The molecule has 152 valence electrons. The first-order chi connectivity index (χ1) is 13.9. The number of aromatic nitrogens is 4. The van der Waals surface area contributed by atoms with Crippen molar-refractivity contribution in [2.45, 2.75) is 58.9 Å². The Bertz CT molecular complexity index is 998. The van der Waals surface area contributed by atoms with Gasteiger partial charge in [-0.25, -0.2) is 0 Å². The minimum Gasteiger partial charge on any atom is -0.373 e. The summed E-state index contributed by atoms with van der Waals surface area (Å²) in [5.74, 6) is 1.56. The highest BCUT2D eigenvalue weighted by molar-refractivity contribution is 6.31. The number of anilines is 1. The zero-order valence-electron chi connectivity index (χ0n) is 17.5. The summed E-state index contributed by atoms with van der Waals surface area (Å²) in [5, 5.41) is 17.4. The standard InChI is InChI=1S/C23H28ClN5/c1-15-7-9-23(10-8-15,25-19-12-16(2)11-17(3)13-19)22-26-27-28-29(22)20-6-5-18(4)21(24)14-20/h5-6,11-15,25H,7-10H2,1-4H3. The molecular formula is C23H28ClN5. The predicted molar refractivity (Wildman–Crippen MR) is 118 cm³/mol. The topological polar surface area (TPSA) is 55.6 Å². The van der Waals surface area contributed by atoms with E-state index in [1.54, 1.807) is 0 Å². The summed E-state index contributed by atoms with van der Waals surface area (Å²) in [5.41, 5.74) is 5.23. The lowest BCUT2D eigenvalue weighted by Crippen LogP contribution is -2.41. The minimum atomic E-state index is -0.312. The smallest absolute Gasteiger partial charge is 0.181 e. The van der Waals surface area contributed by atoms with E-state index in [0.29, 0.717) is 5.92 Å². The van der Waals surface area contributed by atoms with Gasteiger partial charge in [-0.05, 0) is 104 Å². The van der Waals surface area contributed by atoms with Gasteiger partial charge < -0.3 is 5.32 Å². The monoisotopic (exact) mass is 409 g/mol. The third-order valence-corrected chi connectivity index (χ3v) is 6.44. The van der Waals surface area contributed by atoms with E-state index in [2.05, 4.69) is 59.8 Å². The van der Waals surface area contributed by atoms with Crippen LogP contribution in [0.25, 0.3) is 5.69 Å². The van der Waals surface area contributed by atoms with Crippen molar-refractivity contribution in [1.29, 1.82) is 0 Å². The molecule has 0 amide bonds. The number of tetrazole rings is 1. The van der Waals surface area contributed by atoms with E-state index >= 15 is 0 Å². The molecule has 1 aliphatic rings. The highest BCUT2D eigenvalue weighted by atomic mass is 35.5. The first kappa shape index (κ1) is 19.9. The normalized spacial score (nSPS) is 21.9. The Hall–Kier alpha value is -2.40. The lowest BCUT2D eigenvalue weighted by molar-refractivity contribution is 0.255. The summed E-state index contributed by atoms with van der Waals surface area (Å²) in [6, 6.07) is 12.6. The van der Waals surface area contributed by atoms with Gasteiger partial charge >= 0.3 is 0 Å². The Labute approximate surface area is 177 Å². The molecule has 1 heterocycles. The molecule has 29 heavy (non-hydrogen) atoms. The van der Waals surface area contributed by atoms with Crippen molar-refractivity contribution in [2.75, 3.05) is 5.32 Å². The van der Waals surface area contributed by atoms with Gasteiger partial charge in [-0.1, -0.05) is 30.7 Å². The third-order valence-electron chi connectivity index (χ3n) is 6.03. The zero-order chi connectivity index (χ0) is 20.6. The number of rotatable bonds is 4. The van der Waals surface area contributed by atoms with Gasteiger partial charge in [-0.3, -0.25) is 0 Å². The second kappa shape index (κ2) is 7.79. The number of nitrogens with one attached hydrogen (secondary N) is 1. The van der Waals surface area contributed by atoms with Gasteiger partial charge in [0.2, 0.25) is 0 Å². The fourth-order valence-corrected chi connectivity index (χ4v) is 4.53. The van der Waals surface area contributed by atoms with Crippen LogP contribution in [0.2, 0.25) is 5.02 Å². The predicted octanol–water partition coefficient (Wildman–Crippen LogP) is 5.76. The Kier molecular flexibility index (Phi) is 5.34. The lowest BCUT2D eigenvalue weighted by Gasteiger charge is -2.39. The molecule has 0 bridgehead atoms. The van der Waals surface area contributed by atoms with E-state index in [0.717, 1.165) is 53.5 Å². The van der Waals surface area contributed by atoms with Crippen molar-refractivity contribution in [2.24, 2.45) is 5.92 Å². The van der Waals surface area contributed by atoms with Gasteiger partial charge in [0.1, 0.15) is 0 Å². The molecule has 1 fully saturated rings. The molecule has 2 aromatic carbocycles. The van der Waals surface area contributed by atoms with Crippen LogP contribution in [0.3, 0.4) is 0 Å². The maximum absolute atomic E-state index is 6.39. The van der Waals surface area contributed by atoms with Gasteiger partial charge in [0, 0.05) is 10.7 Å². The molecule has 1 aromatic heterocycles. The first-order valence-corrected chi connectivity index (χ1v) is 10.7. The average molecular weight is 410 g/mol. The van der Waals surface area contributed by atoms with Crippen LogP contribution in [0, 0.1) is 26.7 Å². The summed E-state index contributed by atoms with van der Waals surface area (Å²) in [6.45, 7) is 8.58. The van der Waals surface area contributed by atoms with Crippen LogP contribution in [0.15, 0.2) is 36.4 Å². The van der Waals surface area contributed by atoms with Crippen LogP contribution >= 0.6 is 11.6 Å². The highest BCUT2D eigenvalue weighted by Gasteiger charge is 2.41. The Morgan fingerprint density at radius 1 is 1.03 bits per heavy atom. The van der Waals surface area contributed by atoms with E-state index in [9.17, 15) is 0 Å². The van der Waals surface area contributed by atoms with Crippen molar-refractivity contribution in [3.63, 3.8) is 0 Å². The van der Waals surface area contributed by atoms with E-state index in [-0.39, 0.29) is 5.54 Å². The molecule has 4 rings (SSSR count). The highest BCUT2D eigenvalue weighted by Crippen LogP contribution is 2.42. The van der Waals surface area contributed by atoms with E-state index in [1.807, 2.05) is 29.8 Å². The van der Waals surface area contributed by atoms with Crippen molar-refractivity contribution in [3.05, 3.63) is 63.9 Å². The van der Waals surface area contributed by atoms with Crippen molar-refractivity contribution >= 4 is 17.3 Å².